The van der Waals surface area contributed by atoms with E-state index in [2.05, 4.69) is 25.3 Å². The second-order valence-corrected chi connectivity index (χ2v) is 9.99. The molecule has 4 heterocycles. The van der Waals surface area contributed by atoms with E-state index in [1.165, 1.54) is 6.33 Å². The van der Waals surface area contributed by atoms with Crippen LogP contribution in [0.3, 0.4) is 0 Å². The number of aromatic nitrogens is 6. The summed E-state index contributed by atoms with van der Waals surface area (Å²) in [5, 5.41) is 9.89. The predicted octanol–water partition coefficient (Wildman–Crippen LogP) is 4.61. The number of pyridine rings is 1. The highest BCUT2D eigenvalue weighted by Crippen LogP contribution is 2.39. The number of alkyl carbamates (subject to hydrolysis) is 1. The van der Waals surface area contributed by atoms with E-state index in [1.807, 2.05) is 37.6 Å². The summed E-state index contributed by atoms with van der Waals surface area (Å²) in [4.78, 5) is 28.5. The fourth-order valence-electron chi connectivity index (χ4n) is 4.52. The Labute approximate surface area is 201 Å². The zero-order valence-electron chi connectivity index (χ0n) is 19.3. The smallest absolute Gasteiger partial charge is 0.407 e. The van der Waals surface area contributed by atoms with Gasteiger partial charge in [-0.15, -0.1) is 0 Å². The van der Waals surface area contributed by atoms with Gasteiger partial charge in [0.1, 0.15) is 29.1 Å². The number of carbonyl (C=O) groups excluding carboxylic acids is 1. The molecular weight excluding hydrogens is 456 g/mol. The van der Waals surface area contributed by atoms with Gasteiger partial charge in [-0.05, 0) is 58.6 Å². The summed E-state index contributed by atoms with van der Waals surface area (Å²) in [5.74, 6) is 0.342. The van der Waals surface area contributed by atoms with Gasteiger partial charge in [-0.1, -0.05) is 11.6 Å². The number of nitrogens with two attached hydrogens (primary N) is 1. The highest BCUT2D eigenvalue weighted by Gasteiger charge is 2.29. The monoisotopic (exact) mass is 482 g/mol. The molecule has 0 unspecified atom stereocenters. The van der Waals surface area contributed by atoms with Crippen molar-refractivity contribution in [3.63, 3.8) is 0 Å². The third-order valence-corrected chi connectivity index (χ3v) is 6.42. The average Bonchev–Trinajstić information content (AvgIpc) is 3.32. The number of aromatic amines is 1. The van der Waals surface area contributed by atoms with Crippen LogP contribution in [-0.2, 0) is 4.74 Å². The van der Waals surface area contributed by atoms with Crippen molar-refractivity contribution in [1.29, 1.82) is 0 Å². The van der Waals surface area contributed by atoms with Crippen LogP contribution in [0.1, 0.15) is 52.5 Å². The molecule has 4 aromatic heterocycles. The number of carbonyl (C=O) groups is 1. The van der Waals surface area contributed by atoms with Gasteiger partial charge in [0.2, 0.25) is 0 Å². The molecule has 11 heteroatoms. The van der Waals surface area contributed by atoms with Gasteiger partial charge in [-0.2, -0.15) is 5.10 Å². The molecule has 1 aliphatic carbocycles. The molecule has 0 atom stereocenters. The number of H-pyrrole nitrogens is 1. The molecule has 1 amide bonds. The topological polar surface area (TPSA) is 137 Å². The minimum absolute atomic E-state index is 0.0568. The lowest BCUT2D eigenvalue weighted by Crippen LogP contribution is -2.41. The maximum absolute atomic E-state index is 12.2. The highest BCUT2D eigenvalue weighted by molar-refractivity contribution is 6.38. The fraction of sp³-hybridized carbons (Fsp3) is 0.435. The van der Waals surface area contributed by atoms with Gasteiger partial charge in [-0.3, -0.25) is 0 Å². The molecule has 4 aromatic rings. The lowest BCUT2D eigenvalue weighted by Gasteiger charge is -2.30. The van der Waals surface area contributed by atoms with E-state index in [-0.39, 0.29) is 18.2 Å². The molecule has 1 fully saturated rings. The van der Waals surface area contributed by atoms with Gasteiger partial charge in [0.25, 0.3) is 0 Å². The number of amides is 1. The van der Waals surface area contributed by atoms with Crippen molar-refractivity contribution in [2.75, 3.05) is 5.73 Å². The predicted molar refractivity (Wildman–Crippen MR) is 130 cm³/mol. The van der Waals surface area contributed by atoms with Gasteiger partial charge < -0.3 is 20.8 Å². The molecule has 1 aliphatic rings. The number of fused-ring (bicyclic) bond motifs is 2. The van der Waals surface area contributed by atoms with Crippen LogP contribution in [0.5, 0.6) is 0 Å². The zero-order chi connectivity index (χ0) is 24.0. The zero-order valence-corrected chi connectivity index (χ0v) is 20.1. The fourth-order valence-corrected chi connectivity index (χ4v) is 4.81. The first kappa shape index (κ1) is 22.4. The van der Waals surface area contributed by atoms with Crippen LogP contribution in [0.2, 0.25) is 5.02 Å². The van der Waals surface area contributed by atoms with Crippen molar-refractivity contribution in [2.24, 2.45) is 0 Å². The molecule has 0 saturated heterocycles. The number of nitrogens with one attached hydrogen (secondary N) is 2. The summed E-state index contributed by atoms with van der Waals surface area (Å²) >= 11 is 6.70. The molecule has 0 bridgehead atoms. The Morgan fingerprint density at radius 3 is 2.71 bits per heavy atom. The van der Waals surface area contributed by atoms with E-state index in [9.17, 15) is 4.79 Å². The van der Waals surface area contributed by atoms with Gasteiger partial charge in [-0.25, -0.2) is 24.4 Å². The van der Waals surface area contributed by atoms with Crippen molar-refractivity contribution in [3.05, 3.63) is 29.7 Å². The number of hydrogen-bond donors (Lipinski definition) is 3. The van der Waals surface area contributed by atoms with Crippen LogP contribution < -0.4 is 11.1 Å². The summed E-state index contributed by atoms with van der Waals surface area (Å²) in [6, 6.07) is 3.90. The van der Waals surface area contributed by atoms with Crippen LogP contribution in [0, 0.1) is 0 Å². The van der Waals surface area contributed by atoms with Gasteiger partial charge >= 0.3 is 6.09 Å². The number of halogens is 1. The Morgan fingerprint density at radius 1 is 1.24 bits per heavy atom. The van der Waals surface area contributed by atoms with Crippen LogP contribution >= 0.6 is 11.6 Å². The van der Waals surface area contributed by atoms with E-state index < -0.39 is 5.60 Å². The first-order valence-electron chi connectivity index (χ1n) is 11.3. The number of ether oxygens (including phenoxy) is 1. The molecule has 1 saturated carbocycles. The van der Waals surface area contributed by atoms with Crippen molar-refractivity contribution >= 4 is 45.6 Å². The quantitative estimate of drug-likeness (QED) is 0.387. The third-order valence-electron chi connectivity index (χ3n) is 6.03. The maximum Gasteiger partial charge on any atom is 0.407 e. The van der Waals surface area contributed by atoms with Crippen molar-refractivity contribution in [2.45, 2.75) is 64.1 Å². The molecule has 178 valence electrons. The summed E-state index contributed by atoms with van der Waals surface area (Å²) < 4.78 is 7.31. The number of hydrogen-bond acceptors (Lipinski definition) is 7. The van der Waals surface area contributed by atoms with Crippen molar-refractivity contribution in [3.8, 4) is 11.4 Å². The summed E-state index contributed by atoms with van der Waals surface area (Å²) in [5.41, 5.74) is 8.33. The summed E-state index contributed by atoms with van der Waals surface area (Å²) in [6.07, 6.45) is 6.02. The second kappa shape index (κ2) is 8.43. The van der Waals surface area contributed by atoms with E-state index in [0.29, 0.717) is 38.9 Å². The number of anilines is 1. The Bertz CT molecular complexity index is 1360. The Hall–Kier alpha value is -3.40. The number of rotatable bonds is 3. The van der Waals surface area contributed by atoms with Gasteiger partial charge in [0.15, 0.2) is 5.65 Å². The molecule has 0 aromatic carbocycles. The van der Waals surface area contributed by atoms with Crippen molar-refractivity contribution < 1.29 is 9.53 Å². The molecule has 5 rings (SSSR count). The van der Waals surface area contributed by atoms with Crippen LogP contribution in [-0.4, -0.2) is 47.5 Å². The minimum Gasteiger partial charge on any atom is -0.444 e. The van der Waals surface area contributed by atoms with Gasteiger partial charge in [0, 0.05) is 17.6 Å². The molecule has 0 spiro atoms. The largest absolute Gasteiger partial charge is 0.444 e. The normalized spacial score (nSPS) is 18.9. The lowest BCUT2D eigenvalue weighted by molar-refractivity contribution is 0.0487. The lowest BCUT2D eigenvalue weighted by atomic mass is 9.91. The van der Waals surface area contributed by atoms with Crippen molar-refractivity contribution in [1.82, 2.24) is 35.0 Å². The van der Waals surface area contributed by atoms with E-state index in [1.54, 1.807) is 6.20 Å². The standard InChI is InChI=1S/C23H27ClN8O2/c1-23(2,3)34-22(33)29-12-6-8-13(9-7-12)32-21-15(19(25)27-11-28-21)17(31-32)18-16(24)14-5-4-10-26-20(14)30-18/h4-5,10-13H,6-9H2,1-3H3,(H,26,30)(H,29,33)(H2,25,27,28)/t12-,13+. The number of nitrogen functional groups attached to an aromatic ring is 1. The molecular formula is C23H27ClN8O2. The van der Waals surface area contributed by atoms with Crippen LogP contribution in [0.4, 0.5) is 10.6 Å². The highest BCUT2D eigenvalue weighted by atomic mass is 35.5. The Morgan fingerprint density at radius 2 is 2.00 bits per heavy atom. The molecule has 4 N–H and O–H groups in total. The first-order chi connectivity index (χ1) is 16.2. The van der Waals surface area contributed by atoms with E-state index in [0.717, 1.165) is 31.1 Å². The van der Waals surface area contributed by atoms with Gasteiger partial charge in [0.05, 0.1) is 22.1 Å². The van der Waals surface area contributed by atoms with E-state index in [4.69, 9.17) is 27.2 Å². The minimum atomic E-state index is -0.523. The molecule has 0 radical (unpaired) electrons. The second-order valence-electron chi connectivity index (χ2n) is 9.62. The van der Waals surface area contributed by atoms with E-state index >= 15 is 0 Å². The average molecular weight is 483 g/mol. The Balaban J connectivity index is 1.44. The molecule has 0 aliphatic heterocycles. The molecule has 10 nitrogen and oxygen atoms in total. The number of nitrogens with zero attached hydrogens (tertiary/aromatic N) is 5. The SMILES string of the molecule is CC(C)(C)OC(=O)N[C@H]1CC[C@@H](n2nc(-c3[nH]c4ncccc4c3Cl)c3c(N)ncnc32)CC1. The maximum atomic E-state index is 12.2. The first-order valence-corrected chi connectivity index (χ1v) is 11.7. The third kappa shape index (κ3) is 4.13. The summed E-state index contributed by atoms with van der Waals surface area (Å²) in [7, 11) is 0. The van der Waals surface area contributed by atoms with Crippen LogP contribution in [0.15, 0.2) is 24.7 Å². The Kier molecular flexibility index (Phi) is 5.55. The molecule has 34 heavy (non-hydrogen) atoms. The summed E-state index contributed by atoms with van der Waals surface area (Å²) in [6.45, 7) is 5.56. The van der Waals surface area contributed by atoms with Crippen LogP contribution in [0.25, 0.3) is 33.5 Å².